The van der Waals surface area contributed by atoms with Crippen molar-refractivity contribution >= 4 is 17.9 Å². The first-order valence-corrected chi connectivity index (χ1v) is 11.2. The lowest BCUT2D eigenvalue weighted by atomic mass is 9.88. The van der Waals surface area contributed by atoms with Gasteiger partial charge in [0.1, 0.15) is 12.7 Å². The Bertz CT molecular complexity index is 616. The van der Waals surface area contributed by atoms with Gasteiger partial charge in [0.05, 0.1) is 30.9 Å². The fourth-order valence-electron chi connectivity index (χ4n) is 2.69. The quantitative estimate of drug-likeness (QED) is 0.210. The van der Waals surface area contributed by atoms with Crippen molar-refractivity contribution in [2.24, 2.45) is 17.8 Å². The lowest BCUT2D eigenvalue weighted by Crippen LogP contribution is -2.28. The molecular formula is C24H39NO6. The highest BCUT2D eigenvalue weighted by Crippen LogP contribution is 2.27. The average molecular weight is 438 g/mol. The predicted molar refractivity (Wildman–Crippen MR) is 118 cm³/mol. The Labute approximate surface area is 187 Å². The molecule has 0 bridgehead atoms. The lowest BCUT2D eigenvalue weighted by molar-refractivity contribution is -0.155. The molecule has 0 heterocycles. The maximum atomic E-state index is 11.7. The Kier molecular flexibility index (Phi) is 15.1. The van der Waals surface area contributed by atoms with Crippen molar-refractivity contribution in [1.29, 1.82) is 5.26 Å². The van der Waals surface area contributed by atoms with Crippen molar-refractivity contribution in [3.63, 3.8) is 0 Å². The summed E-state index contributed by atoms with van der Waals surface area (Å²) in [5.74, 6) is -0.322. The number of nitrogens with zero attached hydrogens (tertiary/aromatic N) is 1. The van der Waals surface area contributed by atoms with E-state index in [2.05, 4.69) is 6.58 Å². The second-order valence-electron chi connectivity index (χ2n) is 8.15. The SMILES string of the molecule is C=C(C)C(=O)OCC1CCC(OC(=O)C(C)CC)CC1.CCC(C)C(=O)OCCC#N. The van der Waals surface area contributed by atoms with Gasteiger partial charge in [-0.1, -0.05) is 34.3 Å². The van der Waals surface area contributed by atoms with Crippen LogP contribution in [-0.4, -0.2) is 37.2 Å². The van der Waals surface area contributed by atoms with E-state index in [0.29, 0.717) is 18.1 Å². The third kappa shape index (κ3) is 12.8. The van der Waals surface area contributed by atoms with Crippen LogP contribution < -0.4 is 0 Å². The van der Waals surface area contributed by atoms with Gasteiger partial charge in [0.2, 0.25) is 0 Å². The summed E-state index contributed by atoms with van der Waals surface area (Å²) in [6.07, 6.45) is 5.49. The molecule has 1 aliphatic carbocycles. The topological polar surface area (TPSA) is 103 Å². The van der Waals surface area contributed by atoms with Crippen LogP contribution in [0.15, 0.2) is 12.2 Å². The van der Waals surface area contributed by atoms with Crippen molar-refractivity contribution in [2.45, 2.75) is 85.7 Å². The molecule has 0 aromatic carbocycles. The number of nitriles is 1. The molecule has 2 atom stereocenters. The minimum absolute atomic E-state index is 0.0238. The van der Waals surface area contributed by atoms with Gasteiger partial charge in [0.15, 0.2) is 0 Å². The van der Waals surface area contributed by atoms with Crippen LogP contribution in [0.25, 0.3) is 0 Å². The van der Waals surface area contributed by atoms with Crippen LogP contribution in [-0.2, 0) is 28.6 Å². The summed E-state index contributed by atoms with van der Waals surface area (Å²) in [5.41, 5.74) is 0.432. The van der Waals surface area contributed by atoms with Gasteiger partial charge in [-0.25, -0.2) is 4.79 Å². The number of ether oxygens (including phenoxy) is 3. The summed E-state index contributed by atoms with van der Waals surface area (Å²) < 4.78 is 15.4. The second kappa shape index (κ2) is 16.3. The molecular weight excluding hydrogens is 398 g/mol. The van der Waals surface area contributed by atoms with Crippen LogP contribution >= 0.6 is 0 Å². The van der Waals surface area contributed by atoms with Gasteiger partial charge in [0.25, 0.3) is 0 Å². The van der Waals surface area contributed by atoms with E-state index >= 15 is 0 Å². The molecule has 0 aromatic heterocycles. The number of carbonyl (C=O) groups is 3. The van der Waals surface area contributed by atoms with Crippen LogP contribution in [0.2, 0.25) is 0 Å². The molecule has 1 saturated carbocycles. The van der Waals surface area contributed by atoms with E-state index in [1.165, 1.54) is 0 Å². The Morgan fingerprint density at radius 3 is 2.03 bits per heavy atom. The van der Waals surface area contributed by atoms with E-state index in [9.17, 15) is 14.4 Å². The highest BCUT2D eigenvalue weighted by Gasteiger charge is 2.26. The smallest absolute Gasteiger partial charge is 0.333 e. The zero-order valence-electron chi connectivity index (χ0n) is 19.8. The first kappa shape index (κ1) is 28.6. The third-order valence-electron chi connectivity index (χ3n) is 5.36. The normalized spacial score (nSPS) is 19.5. The Morgan fingerprint density at radius 1 is 1.00 bits per heavy atom. The molecule has 7 heteroatoms. The van der Waals surface area contributed by atoms with E-state index in [1.54, 1.807) is 6.92 Å². The first-order valence-electron chi connectivity index (χ1n) is 11.2. The summed E-state index contributed by atoms with van der Waals surface area (Å²) in [6.45, 7) is 13.5. The number of hydrogen-bond donors (Lipinski definition) is 0. The maximum Gasteiger partial charge on any atom is 0.333 e. The zero-order valence-corrected chi connectivity index (χ0v) is 19.8. The van der Waals surface area contributed by atoms with Gasteiger partial charge >= 0.3 is 17.9 Å². The Hall–Kier alpha value is -2.36. The molecule has 0 N–H and O–H groups in total. The number of carbonyl (C=O) groups excluding carboxylic acids is 3. The van der Waals surface area contributed by atoms with Crippen molar-refractivity contribution in [3.8, 4) is 6.07 Å². The van der Waals surface area contributed by atoms with E-state index in [-0.39, 0.29) is 48.9 Å². The molecule has 0 aromatic rings. The predicted octanol–water partition coefficient (Wildman–Crippen LogP) is 4.74. The zero-order chi connectivity index (χ0) is 23.8. The fourth-order valence-corrected chi connectivity index (χ4v) is 2.69. The molecule has 7 nitrogen and oxygen atoms in total. The number of esters is 3. The molecule has 1 aliphatic rings. The minimum Gasteiger partial charge on any atom is -0.464 e. The van der Waals surface area contributed by atoms with Crippen molar-refractivity contribution in [3.05, 3.63) is 12.2 Å². The van der Waals surface area contributed by atoms with E-state index < -0.39 is 0 Å². The number of rotatable bonds is 10. The maximum absolute atomic E-state index is 11.7. The molecule has 1 rings (SSSR count). The fraction of sp³-hybridized carbons (Fsp3) is 0.750. The highest BCUT2D eigenvalue weighted by atomic mass is 16.5. The summed E-state index contributed by atoms with van der Waals surface area (Å²) >= 11 is 0. The number of hydrogen-bond acceptors (Lipinski definition) is 7. The van der Waals surface area contributed by atoms with Crippen molar-refractivity contribution < 1.29 is 28.6 Å². The Balaban J connectivity index is 0.000000695. The van der Waals surface area contributed by atoms with Gasteiger partial charge < -0.3 is 14.2 Å². The molecule has 0 amide bonds. The van der Waals surface area contributed by atoms with Crippen molar-refractivity contribution in [2.75, 3.05) is 13.2 Å². The van der Waals surface area contributed by atoms with Gasteiger partial charge in [-0.15, -0.1) is 0 Å². The van der Waals surface area contributed by atoms with E-state index in [0.717, 1.165) is 38.5 Å². The van der Waals surface area contributed by atoms with Crippen LogP contribution in [0.1, 0.15) is 79.6 Å². The summed E-state index contributed by atoms with van der Waals surface area (Å²) in [6, 6.07) is 1.90. The molecule has 0 radical (unpaired) electrons. The van der Waals surface area contributed by atoms with Gasteiger partial charge in [-0.05, 0) is 51.4 Å². The Morgan fingerprint density at radius 2 is 1.55 bits per heavy atom. The highest BCUT2D eigenvalue weighted by molar-refractivity contribution is 5.86. The standard InChI is InChI=1S/C16H26O4.C8H13NO2/c1-5-12(4)16(18)20-14-8-6-13(7-9-14)10-19-15(17)11(2)3;1-3-7(2)8(10)11-6-4-5-9/h12-14H,2,5-10H2,1,3-4H3;7H,3-4,6H2,1-2H3. The molecule has 31 heavy (non-hydrogen) atoms. The summed E-state index contributed by atoms with van der Waals surface area (Å²) in [7, 11) is 0. The van der Waals surface area contributed by atoms with Crippen LogP contribution in [0, 0.1) is 29.1 Å². The third-order valence-corrected chi connectivity index (χ3v) is 5.36. The molecule has 2 unspecified atom stereocenters. The molecule has 0 spiro atoms. The molecule has 0 saturated heterocycles. The lowest BCUT2D eigenvalue weighted by Gasteiger charge is -2.28. The van der Waals surface area contributed by atoms with Crippen LogP contribution in [0.3, 0.4) is 0 Å². The monoisotopic (exact) mass is 437 g/mol. The van der Waals surface area contributed by atoms with Gasteiger partial charge in [0, 0.05) is 5.57 Å². The van der Waals surface area contributed by atoms with Crippen LogP contribution in [0.4, 0.5) is 0 Å². The minimum atomic E-state index is -0.324. The molecule has 0 aliphatic heterocycles. The molecule has 1 fully saturated rings. The second-order valence-corrected chi connectivity index (χ2v) is 8.15. The van der Waals surface area contributed by atoms with Gasteiger partial charge in [-0.2, -0.15) is 5.26 Å². The largest absolute Gasteiger partial charge is 0.464 e. The van der Waals surface area contributed by atoms with Crippen LogP contribution in [0.5, 0.6) is 0 Å². The average Bonchev–Trinajstić information content (AvgIpc) is 2.77. The summed E-state index contributed by atoms with van der Waals surface area (Å²) in [4.78, 5) is 33.9. The summed E-state index contributed by atoms with van der Waals surface area (Å²) in [5, 5.41) is 8.13. The van der Waals surface area contributed by atoms with E-state index in [1.807, 2.05) is 33.8 Å². The van der Waals surface area contributed by atoms with Gasteiger partial charge in [-0.3, -0.25) is 9.59 Å². The van der Waals surface area contributed by atoms with E-state index in [4.69, 9.17) is 19.5 Å². The molecule has 176 valence electrons. The first-order chi connectivity index (χ1) is 14.7. The van der Waals surface area contributed by atoms with Crippen molar-refractivity contribution in [1.82, 2.24) is 0 Å².